The van der Waals surface area contributed by atoms with Crippen LogP contribution in [0.4, 0.5) is 0 Å². The van der Waals surface area contributed by atoms with Crippen LogP contribution in [0.2, 0.25) is 0 Å². The molecule has 2 N–H and O–H groups in total. The van der Waals surface area contributed by atoms with Crippen molar-refractivity contribution in [1.29, 1.82) is 0 Å². The van der Waals surface area contributed by atoms with E-state index in [1.807, 2.05) is 6.08 Å². The van der Waals surface area contributed by atoms with Gasteiger partial charge in [-0.25, -0.2) is 0 Å². The normalized spacial score (nSPS) is 50.5. The van der Waals surface area contributed by atoms with E-state index in [4.69, 9.17) is 0 Å². The number of rotatable bonds is 1. The van der Waals surface area contributed by atoms with E-state index in [0.717, 1.165) is 24.8 Å². The maximum atomic E-state index is 11.0. The molecule has 0 spiro atoms. The lowest BCUT2D eigenvalue weighted by Crippen LogP contribution is -2.57. The Bertz CT molecular complexity index is 506. The van der Waals surface area contributed by atoms with Gasteiger partial charge in [0.1, 0.15) is 0 Å². The predicted molar refractivity (Wildman–Crippen MR) is 90.4 cm³/mol. The van der Waals surface area contributed by atoms with Crippen LogP contribution >= 0.6 is 0 Å². The molecule has 124 valence electrons. The molecule has 2 saturated carbocycles. The van der Waals surface area contributed by atoms with Crippen molar-refractivity contribution in [2.45, 2.75) is 72.0 Å². The van der Waals surface area contributed by atoms with Crippen molar-refractivity contribution in [2.75, 3.05) is 0 Å². The van der Waals surface area contributed by atoms with Crippen LogP contribution in [0.5, 0.6) is 0 Å². The molecule has 22 heavy (non-hydrogen) atoms. The first kappa shape index (κ1) is 16.3. The number of hydrogen-bond donors (Lipinski definition) is 2. The second-order valence-corrected chi connectivity index (χ2v) is 9.26. The molecule has 0 aromatic rings. The van der Waals surface area contributed by atoms with Gasteiger partial charge in [-0.3, -0.25) is 0 Å². The van der Waals surface area contributed by atoms with Crippen LogP contribution in [0, 0.1) is 28.1 Å². The van der Waals surface area contributed by atoms with Gasteiger partial charge in [0, 0.05) is 11.3 Å². The average molecular weight is 304 g/mol. The van der Waals surface area contributed by atoms with Gasteiger partial charge in [-0.1, -0.05) is 46.3 Å². The Morgan fingerprint density at radius 1 is 1.18 bits per heavy atom. The van der Waals surface area contributed by atoms with Crippen molar-refractivity contribution >= 4 is 0 Å². The quantitative estimate of drug-likeness (QED) is 0.717. The summed E-state index contributed by atoms with van der Waals surface area (Å²) in [5.41, 5.74) is 1.24. The van der Waals surface area contributed by atoms with E-state index >= 15 is 0 Å². The average Bonchev–Trinajstić information content (AvgIpc) is 2.40. The van der Waals surface area contributed by atoms with E-state index in [-0.39, 0.29) is 28.3 Å². The Labute approximate surface area is 135 Å². The minimum atomic E-state index is -0.408. The zero-order valence-corrected chi connectivity index (χ0v) is 14.6. The number of hydrogen-bond acceptors (Lipinski definition) is 2. The molecule has 0 bridgehead atoms. The zero-order valence-electron chi connectivity index (χ0n) is 14.6. The maximum Gasteiger partial charge on any atom is 0.0757 e. The van der Waals surface area contributed by atoms with Gasteiger partial charge in [0.15, 0.2) is 0 Å². The molecule has 0 saturated heterocycles. The topological polar surface area (TPSA) is 40.5 Å². The molecule has 3 aliphatic carbocycles. The summed E-state index contributed by atoms with van der Waals surface area (Å²) >= 11 is 0. The fourth-order valence-electron chi connectivity index (χ4n) is 6.07. The molecular weight excluding hydrogens is 272 g/mol. The molecule has 2 heteroatoms. The summed E-state index contributed by atoms with van der Waals surface area (Å²) in [6, 6.07) is 0. The summed E-state index contributed by atoms with van der Waals surface area (Å²) in [6.45, 7) is 13.1. The van der Waals surface area contributed by atoms with Gasteiger partial charge in [0.05, 0.1) is 12.2 Å². The number of allylic oxidation sites excluding steroid dienone is 2. The van der Waals surface area contributed by atoms with Gasteiger partial charge in [0.2, 0.25) is 0 Å². The molecule has 3 rings (SSSR count). The van der Waals surface area contributed by atoms with Gasteiger partial charge < -0.3 is 10.2 Å². The molecule has 0 aromatic carbocycles. The minimum absolute atomic E-state index is 0.105. The maximum absolute atomic E-state index is 11.0. The molecule has 0 aliphatic heterocycles. The van der Waals surface area contributed by atoms with E-state index in [1.54, 1.807) is 0 Å². The molecule has 0 radical (unpaired) electrons. The molecule has 2 nitrogen and oxygen atoms in total. The SMILES string of the molecule is C=C[C@@]1(C)C=C2[C@H]([C@H](O)C1)[C@@]1(C)CCCC(C)(C)[C@@H]1C[C@@H]2O. The van der Waals surface area contributed by atoms with Crippen LogP contribution in [0.3, 0.4) is 0 Å². The highest BCUT2D eigenvalue weighted by Crippen LogP contribution is 2.63. The van der Waals surface area contributed by atoms with E-state index < -0.39 is 6.10 Å². The van der Waals surface area contributed by atoms with Gasteiger partial charge in [-0.2, -0.15) is 0 Å². The Balaban J connectivity index is 2.08. The molecule has 3 aliphatic rings. The lowest BCUT2D eigenvalue weighted by atomic mass is 9.44. The van der Waals surface area contributed by atoms with E-state index in [2.05, 4.69) is 40.3 Å². The third-order valence-electron chi connectivity index (χ3n) is 7.19. The molecule has 6 atom stereocenters. The summed E-state index contributed by atoms with van der Waals surface area (Å²) in [4.78, 5) is 0. The first-order valence-corrected chi connectivity index (χ1v) is 8.85. The van der Waals surface area contributed by atoms with Gasteiger partial charge in [0.25, 0.3) is 0 Å². The highest BCUT2D eigenvalue weighted by atomic mass is 16.3. The van der Waals surface area contributed by atoms with Gasteiger partial charge in [-0.05, 0) is 48.0 Å². The fraction of sp³-hybridized carbons (Fsp3) is 0.800. The Morgan fingerprint density at radius 3 is 2.50 bits per heavy atom. The zero-order chi connectivity index (χ0) is 16.3. The van der Waals surface area contributed by atoms with Gasteiger partial charge >= 0.3 is 0 Å². The number of aliphatic hydroxyl groups is 2. The monoisotopic (exact) mass is 304 g/mol. The second kappa shape index (κ2) is 4.95. The standard InChI is InChI=1S/C20H32O2/c1-6-19(4)11-13-14(21)10-16-18(2,3)8-7-9-20(16,5)17(13)15(22)12-19/h6,11,14-17,21-22H,1,7-10,12H2,2-5H3/t14-,15+,16-,17+,19-,20-/m0/s1. The first-order chi connectivity index (χ1) is 10.1. The van der Waals surface area contributed by atoms with Crippen LogP contribution in [-0.4, -0.2) is 22.4 Å². The third-order valence-corrected chi connectivity index (χ3v) is 7.19. The van der Waals surface area contributed by atoms with Crippen LogP contribution in [-0.2, 0) is 0 Å². The molecule has 0 amide bonds. The fourth-order valence-corrected chi connectivity index (χ4v) is 6.07. The summed E-state index contributed by atoms with van der Waals surface area (Å²) in [5, 5.41) is 21.8. The van der Waals surface area contributed by atoms with Crippen molar-refractivity contribution in [3.05, 3.63) is 24.3 Å². The third kappa shape index (κ3) is 2.22. The van der Waals surface area contributed by atoms with Crippen LogP contribution in [0.15, 0.2) is 24.3 Å². The molecule has 0 heterocycles. The molecule has 0 aromatic heterocycles. The molecular formula is C20H32O2. The summed E-state index contributed by atoms with van der Waals surface area (Å²) in [6.07, 6.45) is 8.53. The van der Waals surface area contributed by atoms with Crippen LogP contribution in [0.25, 0.3) is 0 Å². The summed E-state index contributed by atoms with van der Waals surface area (Å²) < 4.78 is 0. The van der Waals surface area contributed by atoms with Crippen LogP contribution < -0.4 is 0 Å². The number of fused-ring (bicyclic) bond motifs is 3. The highest BCUT2D eigenvalue weighted by Gasteiger charge is 2.58. The highest BCUT2D eigenvalue weighted by molar-refractivity contribution is 5.31. The summed E-state index contributed by atoms with van der Waals surface area (Å²) in [7, 11) is 0. The van der Waals surface area contributed by atoms with Crippen molar-refractivity contribution in [1.82, 2.24) is 0 Å². The largest absolute Gasteiger partial charge is 0.392 e. The van der Waals surface area contributed by atoms with Gasteiger partial charge in [-0.15, -0.1) is 6.58 Å². The molecule has 2 fully saturated rings. The van der Waals surface area contributed by atoms with E-state index in [9.17, 15) is 10.2 Å². The molecule has 0 unspecified atom stereocenters. The second-order valence-electron chi connectivity index (χ2n) is 9.26. The smallest absolute Gasteiger partial charge is 0.0757 e. The van der Waals surface area contributed by atoms with E-state index in [0.29, 0.717) is 5.92 Å². The lowest BCUT2D eigenvalue weighted by molar-refractivity contribution is -0.121. The number of aliphatic hydroxyl groups excluding tert-OH is 2. The summed E-state index contributed by atoms with van der Waals surface area (Å²) in [5.74, 6) is 0.586. The Morgan fingerprint density at radius 2 is 1.86 bits per heavy atom. The van der Waals surface area contributed by atoms with Crippen LogP contribution in [0.1, 0.15) is 59.8 Å². The van der Waals surface area contributed by atoms with Crippen molar-refractivity contribution in [3.8, 4) is 0 Å². The minimum Gasteiger partial charge on any atom is -0.392 e. The van der Waals surface area contributed by atoms with Crippen molar-refractivity contribution in [2.24, 2.45) is 28.1 Å². The van der Waals surface area contributed by atoms with Crippen molar-refractivity contribution in [3.63, 3.8) is 0 Å². The lowest BCUT2D eigenvalue weighted by Gasteiger charge is -2.61. The Kier molecular flexibility index (Phi) is 3.66. The van der Waals surface area contributed by atoms with Crippen molar-refractivity contribution < 1.29 is 10.2 Å². The Hall–Kier alpha value is -0.600. The predicted octanol–water partition coefficient (Wildman–Crippen LogP) is 4.08. The van der Waals surface area contributed by atoms with E-state index in [1.165, 1.54) is 12.8 Å². The first-order valence-electron chi connectivity index (χ1n) is 8.85.